The van der Waals surface area contributed by atoms with Crippen molar-refractivity contribution in [3.05, 3.63) is 23.8 Å². The van der Waals surface area contributed by atoms with Gasteiger partial charge in [0.05, 0.1) is 5.69 Å². The summed E-state index contributed by atoms with van der Waals surface area (Å²) < 4.78 is 0. The molecule has 0 aliphatic rings. The van der Waals surface area contributed by atoms with E-state index < -0.39 is 0 Å². The summed E-state index contributed by atoms with van der Waals surface area (Å²) in [7, 11) is 0. The van der Waals surface area contributed by atoms with Crippen LogP contribution in [-0.2, 0) is 4.79 Å². The number of carbonyl (C=O) groups is 1. The summed E-state index contributed by atoms with van der Waals surface area (Å²) in [4.78, 5) is 12.0. The monoisotopic (exact) mass is 278 g/mol. The van der Waals surface area contributed by atoms with E-state index in [1.54, 1.807) is 19.1 Å². The zero-order valence-corrected chi connectivity index (χ0v) is 12.6. The SMILES string of the molecule is Cc1cccc(NC(=O)CCC(CCN)C(C)C)c1O. The first-order valence-electron chi connectivity index (χ1n) is 7.24. The smallest absolute Gasteiger partial charge is 0.224 e. The summed E-state index contributed by atoms with van der Waals surface area (Å²) in [6.45, 7) is 6.78. The Morgan fingerprint density at radius 3 is 2.65 bits per heavy atom. The van der Waals surface area contributed by atoms with E-state index in [2.05, 4.69) is 19.2 Å². The second-order valence-electron chi connectivity index (χ2n) is 5.64. The van der Waals surface area contributed by atoms with Gasteiger partial charge < -0.3 is 16.2 Å². The molecule has 20 heavy (non-hydrogen) atoms. The van der Waals surface area contributed by atoms with Gasteiger partial charge in [0.15, 0.2) is 0 Å². The fourth-order valence-corrected chi connectivity index (χ4v) is 2.31. The average Bonchev–Trinajstić information content (AvgIpc) is 2.39. The van der Waals surface area contributed by atoms with Gasteiger partial charge in [0.1, 0.15) is 5.75 Å². The molecule has 0 radical (unpaired) electrons. The molecule has 0 fully saturated rings. The van der Waals surface area contributed by atoms with E-state index in [1.807, 2.05) is 6.07 Å². The van der Waals surface area contributed by atoms with Gasteiger partial charge in [-0.2, -0.15) is 0 Å². The molecule has 1 aromatic rings. The Morgan fingerprint density at radius 2 is 2.05 bits per heavy atom. The number of phenolic OH excluding ortho intramolecular Hbond substituents is 1. The number of hydrogen-bond donors (Lipinski definition) is 3. The van der Waals surface area contributed by atoms with Gasteiger partial charge in [-0.1, -0.05) is 26.0 Å². The number of nitrogens with one attached hydrogen (secondary N) is 1. The zero-order chi connectivity index (χ0) is 15.1. The first-order chi connectivity index (χ1) is 9.45. The highest BCUT2D eigenvalue weighted by Crippen LogP contribution is 2.27. The van der Waals surface area contributed by atoms with Gasteiger partial charge in [-0.05, 0) is 49.8 Å². The molecule has 0 aliphatic heterocycles. The molecule has 0 saturated carbocycles. The standard InChI is InChI=1S/C16H26N2O2/c1-11(2)13(9-10-17)7-8-15(19)18-14-6-4-5-12(3)16(14)20/h4-6,11,13,20H,7-10,17H2,1-3H3,(H,18,19). The van der Waals surface area contributed by atoms with Gasteiger partial charge in [0.25, 0.3) is 0 Å². The second-order valence-corrected chi connectivity index (χ2v) is 5.64. The van der Waals surface area contributed by atoms with Crippen LogP contribution < -0.4 is 11.1 Å². The fraction of sp³-hybridized carbons (Fsp3) is 0.562. The van der Waals surface area contributed by atoms with Gasteiger partial charge in [0.2, 0.25) is 5.91 Å². The first kappa shape index (κ1) is 16.5. The predicted molar refractivity (Wildman–Crippen MR) is 82.7 cm³/mol. The highest BCUT2D eigenvalue weighted by molar-refractivity contribution is 5.92. The summed E-state index contributed by atoms with van der Waals surface area (Å²) in [6, 6.07) is 5.33. The third kappa shape index (κ3) is 4.85. The Kier molecular flexibility index (Phi) is 6.52. The molecule has 4 N–H and O–H groups in total. The molecule has 1 aromatic carbocycles. The van der Waals surface area contributed by atoms with E-state index >= 15 is 0 Å². The van der Waals surface area contributed by atoms with Gasteiger partial charge in [-0.25, -0.2) is 0 Å². The maximum absolute atomic E-state index is 12.0. The van der Waals surface area contributed by atoms with Crippen molar-refractivity contribution in [2.24, 2.45) is 17.6 Å². The Bertz CT molecular complexity index is 444. The summed E-state index contributed by atoms with van der Waals surface area (Å²) in [6.07, 6.45) is 2.23. The van der Waals surface area contributed by atoms with E-state index in [0.717, 1.165) is 18.4 Å². The minimum absolute atomic E-state index is 0.0615. The van der Waals surface area contributed by atoms with Crippen LogP contribution in [0.2, 0.25) is 0 Å². The van der Waals surface area contributed by atoms with Crippen molar-refractivity contribution in [2.45, 2.75) is 40.0 Å². The van der Waals surface area contributed by atoms with Crippen molar-refractivity contribution >= 4 is 11.6 Å². The lowest BCUT2D eigenvalue weighted by molar-refractivity contribution is -0.116. The Labute approximate surface area is 121 Å². The molecule has 0 aromatic heterocycles. The molecule has 1 amide bonds. The molecular weight excluding hydrogens is 252 g/mol. The lowest BCUT2D eigenvalue weighted by atomic mass is 9.88. The van der Waals surface area contributed by atoms with Crippen molar-refractivity contribution in [1.29, 1.82) is 0 Å². The average molecular weight is 278 g/mol. The number of phenols is 1. The lowest BCUT2D eigenvalue weighted by Gasteiger charge is -2.19. The third-order valence-corrected chi connectivity index (χ3v) is 3.73. The largest absolute Gasteiger partial charge is 0.505 e. The minimum atomic E-state index is -0.0615. The summed E-state index contributed by atoms with van der Waals surface area (Å²) >= 11 is 0. The van der Waals surface area contributed by atoms with E-state index in [4.69, 9.17) is 5.73 Å². The van der Waals surface area contributed by atoms with Gasteiger partial charge in [-0.3, -0.25) is 4.79 Å². The molecule has 112 valence electrons. The van der Waals surface area contributed by atoms with Gasteiger partial charge >= 0.3 is 0 Å². The van der Waals surface area contributed by atoms with Crippen molar-refractivity contribution in [1.82, 2.24) is 0 Å². The summed E-state index contributed by atoms with van der Waals surface area (Å²) in [5.41, 5.74) is 6.84. The van der Waals surface area contributed by atoms with E-state index in [1.165, 1.54) is 0 Å². The van der Waals surface area contributed by atoms with Crippen molar-refractivity contribution in [2.75, 3.05) is 11.9 Å². The number of amides is 1. The van der Waals surface area contributed by atoms with Crippen molar-refractivity contribution in [3.63, 3.8) is 0 Å². The lowest BCUT2D eigenvalue weighted by Crippen LogP contribution is -2.18. The number of hydrogen-bond acceptors (Lipinski definition) is 3. The van der Waals surface area contributed by atoms with Crippen LogP contribution in [0.1, 0.15) is 38.7 Å². The molecule has 0 aliphatic carbocycles. The van der Waals surface area contributed by atoms with Crippen molar-refractivity contribution in [3.8, 4) is 5.75 Å². The molecule has 0 heterocycles. The summed E-state index contributed by atoms with van der Waals surface area (Å²) in [5.74, 6) is 1.08. The second kappa shape index (κ2) is 7.90. The molecule has 4 heteroatoms. The van der Waals surface area contributed by atoms with Crippen LogP contribution in [0.3, 0.4) is 0 Å². The topological polar surface area (TPSA) is 75.4 Å². The maximum atomic E-state index is 12.0. The van der Waals surface area contributed by atoms with Crippen molar-refractivity contribution < 1.29 is 9.90 Å². The quantitative estimate of drug-likeness (QED) is 0.671. The highest BCUT2D eigenvalue weighted by Gasteiger charge is 2.15. The third-order valence-electron chi connectivity index (χ3n) is 3.73. The summed E-state index contributed by atoms with van der Waals surface area (Å²) in [5, 5.41) is 12.6. The number of benzene rings is 1. The van der Waals surface area contributed by atoms with E-state index in [-0.39, 0.29) is 11.7 Å². The molecular formula is C16H26N2O2. The molecule has 1 unspecified atom stereocenters. The molecule has 1 rings (SSSR count). The minimum Gasteiger partial charge on any atom is -0.505 e. The van der Waals surface area contributed by atoms with E-state index in [9.17, 15) is 9.90 Å². The van der Waals surface area contributed by atoms with Crippen LogP contribution in [0.15, 0.2) is 18.2 Å². The van der Waals surface area contributed by atoms with Crippen LogP contribution >= 0.6 is 0 Å². The number of aryl methyl sites for hydroxylation is 1. The number of aromatic hydroxyl groups is 1. The molecule has 0 spiro atoms. The Balaban J connectivity index is 2.53. The molecule has 4 nitrogen and oxygen atoms in total. The molecule has 0 saturated heterocycles. The fourth-order valence-electron chi connectivity index (χ4n) is 2.31. The van der Waals surface area contributed by atoms with Crippen LogP contribution in [0.5, 0.6) is 5.75 Å². The zero-order valence-electron chi connectivity index (χ0n) is 12.6. The number of para-hydroxylation sites is 1. The van der Waals surface area contributed by atoms with Gasteiger partial charge in [0, 0.05) is 6.42 Å². The van der Waals surface area contributed by atoms with Crippen LogP contribution in [-0.4, -0.2) is 17.6 Å². The number of carbonyl (C=O) groups excluding carboxylic acids is 1. The molecule has 0 bridgehead atoms. The normalized spacial score (nSPS) is 12.4. The maximum Gasteiger partial charge on any atom is 0.224 e. The van der Waals surface area contributed by atoms with Crippen LogP contribution in [0, 0.1) is 18.8 Å². The van der Waals surface area contributed by atoms with E-state index in [0.29, 0.717) is 30.5 Å². The predicted octanol–water partition coefficient (Wildman–Crippen LogP) is 3.04. The van der Waals surface area contributed by atoms with Crippen LogP contribution in [0.4, 0.5) is 5.69 Å². The Morgan fingerprint density at radius 1 is 1.35 bits per heavy atom. The molecule has 1 atom stereocenters. The van der Waals surface area contributed by atoms with Gasteiger partial charge in [-0.15, -0.1) is 0 Å². The number of nitrogens with two attached hydrogens (primary N) is 1. The van der Waals surface area contributed by atoms with Crippen LogP contribution in [0.25, 0.3) is 0 Å². The first-order valence-corrected chi connectivity index (χ1v) is 7.24. The number of rotatable bonds is 7. The Hall–Kier alpha value is -1.55. The highest BCUT2D eigenvalue weighted by atomic mass is 16.3. The number of anilines is 1.